The molecule has 0 unspecified atom stereocenters. The van der Waals surface area contributed by atoms with Gasteiger partial charge in [0.15, 0.2) is 0 Å². The Bertz CT molecular complexity index is 145. The molecule has 1 saturated carbocycles. The van der Waals surface area contributed by atoms with Crippen molar-refractivity contribution in [1.29, 1.82) is 0 Å². The summed E-state index contributed by atoms with van der Waals surface area (Å²) < 4.78 is 0. The molecule has 0 saturated heterocycles. The van der Waals surface area contributed by atoms with Crippen molar-refractivity contribution in [2.24, 2.45) is 5.92 Å². The fourth-order valence-corrected chi connectivity index (χ4v) is 1.31. The zero-order valence-electron chi connectivity index (χ0n) is 6.37. The van der Waals surface area contributed by atoms with Crippen LogP contribution in [-0.4, -0.2) is 36.1 Å². The van der Waals surface area contributed by atoms with Gasteiger partial charge in [-0.15, -0.1) is 0 Å². The first-order valence-corrected chi connectivity index (χ1v) is 3.49. The van der Waals surface area contributed by atoms with Gasteiger partial charge in [0, 0.05) is 12.5 Å². The van der Waals surface area contributed by atoms with Gasteiger partial charge in [-0.3, -0.25) is 4.79 Å². The predicted octanol–water partition coefficient (Wildman–Crippen LogP) is 0.411. The van der Waals surface area contributed by atoms with Gasteiger partial charge in [-0.1, -0.05) is 0 Å². The fourth-order valence-electron chi connectivity index (χ4n) is 1.31. The predicted molar refractivity (Wildman–Crippen MR) is 37.8 cm³/mol. The summed E-state index contributed by atoms with van der Waals surface area (Å²) in [5.74, 6) is -0.262. The van der Waals surface area contributed by atoms with Crippen molar-refractivity contribution in [3.63, 3.8) is 0 Å². The molecule has 58 valence electrons. The molecule has 0 amide bonds. The number of carboxylic acid groups (broad SMARTS) is 1. The fraction of sp³-hybridized carbons (Fsp3) is 0.857. The summed E-state index contributed by atoms with van der Waals surface area (Å²) in [6, 6.07) is 0.524. The molecule has 3 nitrogen and oxygen atoms in total. The number of hydrogen-bond donors (Lipinski definition) is 1. The summed E-state index contributed by atoms with van der Waals surface area (Å²) in [7, 11) is 3.99. The number of carbonyl (C=O) groups is 1. The van der Waals surface area contributed by atoms with Crippen LogP contribution in [0.1, 0.15) is 12.8 Å². The number of carboxylic acids is 1. The van der Waals surface area contributed by atoms with Gasteiger partial charge in [-0.05, 0) is 26.4 Å². The molecule has 1 aliphatic carbocycles. The van der Waals surface area contributed by atoms with Gasteiger partial charge in [0.25, 0.3) is 0 Å². The average Bonchev–Trinajstić information content (AvgIpc) is 2.43. The summed E-state index contributed by atoms with van der Waals surface area (Å²) in [5.41, 5.74) is 0. The second-order valence-corrected chi connectivity index (χ2v) is 3.12. The van der Waals surface area contributed by atoms with Gasteiger partial charge in [-0.25, -0.2) is 0 Å². The first-order chi connectivity index (χ1) is 4.61. The van der Waals surface area contributed by atoms with Crippen molar-refractivity contribution >= 4 is 5.97 Å². The van der Waals surface area contributed by atoms with Crippen LogP contribution in [0.3, 0.4) is 0 Å². The minimum atomic E-state index is -0.672. The summed E-state index contributed by atoms with van der Waals surface area (Å²) in [5, 5.41) is 8.40. The maximum absolute atomic E-state index is 10.2. The molecule has 0 spiro atoms. The summed E-state index contributed by atoms with van der Waals surface area (Å²) in [6.45, 7) is 0. The topological polar surface area (TPSA) is 40.5 Å². The highest BCUT2D eigenvalue weighted by Crippen LogP contribution is 2.36. The zero-order chi connectivity index (χ0) is 7.72. The van der Waals surface area contributed by atoms with E-state index in [4.69, 9.17) is 5.11 Å². The highest BCUT2D eigenvalue weighted by Gasteiger charge is 2.39. The van der Waals surface area contributed by atoms with Gasteiger partial charge in [0.05, 0.1) is 0 Å². The van der Waals surface area contributed by atoms with Gasteiger partial charge >= 0.3 is 5.97 Å². The van der Waals surface area contributed by atoms with E-state index in [-0.39, 0.29) is 0 Å². The van der Waals surface area contributed by atoms with E-state index in [1.54, 1.807) is 0 Å². The lowest BCUT2D eigenvalue weighted by molar-refractivity contribution is -0.137. The van der Waals surface area contributed by atoms with Crippen LogP contribution in [-0.2, 0) is 4.79 Å². The van der Waals surface area contributed by atoms with Crippen molar-refractivity contribution in [3.05, 3.63) is 0 Å². The van der Waals surface area contributed by atoms with Crippen LogP contribution < -0.4 is 0 Å². The Balaban J connectivity index is 2.19. The van der Waals surface area contributed by atoms with E-state index in [0.29, 0.717) is 18.4 Å². The van der Waals surface area contributed by atoms with Crippen molar-refractivity contribution in [2.45, 2.75) is 18.9 Å². The maximum Gasteiger partial charge on any atom is 0.303 e. The normalized spacial score (nSPS) is 30.7. The maximum atomic E-state index is 10.2. The minimum absolute atomic E-state index is 0.336. The van der Waals surface area contributed by atoms with Gasteiger partial charge in [-0.2, -0.15) is 0 Å². The van der Waals surface area contributed by atoms with Crippen molar-refractivity contribution < 1.29 is 9.90 Å². The molecule has 2 atom stereocenters. The summed E-state index contributed by atoms with van der Waals surface area (Å²) >= 11 is 0. The van der Waals surface area contributed by atoms with E-state index >= 15 is 0 Å². The molecule has 1 rings (SSSR count). The number of nitrogens with zero attached hydrogens (tertiary/aromatic N) is 1. The van der Waals surface area contributed by atoms with Crippen molar-refractivity contribution in [1.82, 2.24) is 4.90 Å². The van der Waals surface area contributed by atoms with Crippen LogP contribution in [0.2, 0.25) is 0 Å². The Morgan fingerprint density at radius 3 is 2.60 bits per heavy atom. The smallest absolute Gasteiger partial charge is 0.303 e. The lowest BCUT2D eigenvalue weighted by atomic mass is 10.3. The second kappa shape index (κ2) is 2.58. The van der Waals surface area contributed by atoms with E-state index in [0.717, 1.165) is 6.42 Å². The molecule has 0 radical (unpaired) electrons. The minimum Gasteiger partial charge on any atom is -0.481 e. The van der Waals surface area contributed by atoms with Crippen molar-refractivity contribution in [2.75, 3.05) is 14.1 Å². The third-order valence-electron chi connectivity index (χ3n) is 1.99. The van der Waals surface area contributed by atoms with Crippen LogP contribution in [0.5, 0.6) is 0 Å². The van der Waals surface area contributed by atoms with E-state index in [2.05, 4.69) is 4.90 Å². The molecule has 0 aromatic carbocycles. The first-order valence-electron chi connectivity index (χ1n) is 3.49. The SMILES string of the molecule is CN(C)[C@H]1C[C@H]1CC(=O)O. The number of aliphatic carboxylic acids is 1. The van der Waals surface area contributed by atoms with E-state index in [9.17, 15) is 4.79 Å². The molecular weight excluding hydrogens is 130 g/mol. The van der Waals surface area contributed by atoms with E-state index < -0.39 is 5.97 Å². The summed E-state index contributed by atoms with van der Waals surface area (Å²) in [6.07, 6.45) is 1.39. The molecule has 1 aliphatic rings. The Morgan fingerprint density at radius 1 is 1.70 bits per heavy atom. The Labute approximate surface area is 60.6 Å². The quantitative estimate of drug-likeness (QED) is 0.622. The lowest BCUT2D eigenvalue weighted by Crippen LogP contribution is -2.16. The van der Waals surface area contributed by atoms with Crippen LogP contribution in [0.25, 0.3) is 0 Å². The molecule has 0 bridgehead atoms. The summed E-state index contributed by atoms with van der Waals surface area (Å²) in [4.78, 5) is 12.3. The van der Waals surface area contributed by atoms with E-state index in [1.165, 1.54) is 0 Å². The second-order valence-electron chi connectivity index (χ2n) is 3.12. The zero-order valence-corrected chi connectivity index (χ0v) is 6.37. The monoisotopic (exact) mass is 143 g/mol. The van der Waals surface area contributed by atoms with Gasteiger partial charge in [0.1, 0.15) is 0 Å². The van der Waals surface area contributed by atoms with Crippen LogP contribution in [0, 0.1) is 5.92 Å². The largest absolute Gasteiger partial charge is 0.481 e. The third kappa shape index (κ3) is 1.70. The highest BCUT2D eigenvalue weighted by molar-refractivity contribution is 5.67. The van der Waals surface area contributed by atoms with Gasteiger partial charge < -0.3 is 10.0 Å². The molecule has 10 heavy (non-hydrogen) atoms. The average molecular weight is 143 g/mol. The van der Waals surface area contributed by atoms with Crippen molar-refractivity contribution in [3.8, 4) is 0 Å². The third-order valence-corrected chi connectivity index (χ3v) is 1.99. The standard InChI is InChI=1S/C7H13NO2/c1-8(2)6-3-5(6)4-7(9)10/h5-6H,3-4H2,1-2H3,(H,9,10)/t5-,6-/m0/s1. The highest BCUT2D eigenvalue weighted by atomic mass is 16.4. The van der Waals surface area contributed by atoms with E-state index in [1.807, 2.05) is 14.1 Å². The van der Waals surface area contributed by atoms with Crippen LogP contribution in [0.4, 0.5) is 0 Å². The first kappa shape index (κ1) is 7.54. The molecule has 0 aromatic rings. The molecule has 0 heterocycles. The number of hydrogen-bond acceptors (Lipinski definition) is 2. The lowest BCUT2D eigenvalue weighted by Gasteiger charge is -2.06. The molecule has 0 aliphatic heterocycles. The van der Waals surface area contributed by atoms with Crippen LogP contribution in [0.15, 0.2) is 0 Å². The molecule has 1 fully saturated rings. The Hall–Kier alpha value is -0.570. The Kier molecular flexibility index (Phi) is 1.94. The van der Waals surface area contributed by atoms with Crippen LogP contribution >= 0.6 is 0 Å². The molecular formula is C7H13NO2. The molecule has 0 aromatic heterocycles. The Morgan fingerprint density at radius 2 is 2.30 bits per heavy atom. The molecule has 3 heteroatoms. The number of rotatable bonds is 3. The molecule has 1 N–H and O–H groups in total. The van der Waals surface area contributed by atoms with Gasteiger partial charge in [0.2, 0.25) is 0 Å².